The van der Waals surface area contributed by atoms with Crippen molar-refractivity contribution >= 4 is 5.91 Å². The Kier molecular flexibility index (Phi) is 3.54. The van der Waals surface area contributed by atoms with Gasteiger partial charge in [-0.3, -0.25) is 4.79 Å². The number of halogens is 3. The predicted molar refractivity (Wildman–Crippen MR) is 64.3 cm³/mol. The van der Waals surface area contributed by atoms with Gasteiger partial charge in [0.1, 0.15) is 0 Å². The number of amides is 1. The monoisotopic (exact) mass is 272 g/mol. The van der Waals surface area contributed by atoms with Gasteiger partial charge in [0, 0.05) is 25.2 Å². The highest BCUT2D eigenvalue weighted by molar-refractivity contribution is 5.94. The van der Waals surface area contributed by atoms with E-state index in [0.29, 0.717) is 19.6 Å². The van der Waals surface area contributed by atoms with Crippen LogP contribution in [0.5, 0.6) is 0 Å². The van der Waals surface area contributed by atoms with E-state index in [0.717, 1.165) is 12.1 Å². The minimum atomic E-state index is -1.56. The van der Waals surface area contributed by atoms with Gasteiger partial charge in [-0.25, -0.2) is 13.2 Å². The average Bonchev–Trinajstić information content (AvgIpc) is 2.34. The van der Waals surface area contributed by atoms with Crippen molar-refractivity contribution in [3.63, 3.8) is 0 Å². The van der Waals surface area contributed by atoms with Crippen LogP contribution < -0.4 is 5.32 Å². The van der Waals surface area contributed by atoms with Crippen LogP contribution in [0.2, 0.25) is 0 Å². The van der Waals surface area contributed by atoms with E-state index in [4.69, 9.17) is 0 Å². The summed E-state index contributed by atoms with van der Waals surface area (Å²) in [6.07, 6.45) is 0. The molecule has 1 heterocycles. The Morgan fingerprint density at radius 3 is 2.37 bits per heavy atom. The Labute approximate surface area is 109 Å². The smallest absolute Gasteiger partial charge is 0.254 e. The van der Waals surface area contributed by atoms with Crippen LogP contribution in [0.25, 0.3) is 0 Å². The Balaban J connectivity index is 2.34. The lowest BCUT2D eigenvalue weighted by Gasteiger charge is -2.42. The number of nitrogens with one attached hydrogen (secondary N) is 1. The minimum Gasteiger partial charge on any atom is -0.331 e. The molecule has 0 bridgehead atoms. The number of carbonyl (C=O) groups excluding carboxylic acids is 1. The van der Waals surface area contributed by atoms with Gasteiger partial charge in [0.15, 0.2) is 17.5 Å². The maximum Gasteiger partial charge on any atom is 0.254 e. The molecule has 2 rings (SSSR count). The van der Waals surface area contributed by atoms with Crippen molar-refractivity contribution in [1.82, 2.24) is 10.2 Å². The molecule has 1 N–H and O–H groups in total. The van der Waals surface area contributed by atoms with Gasteiger partial charge in [-0.2, -0.15) is 0 Å². The van der Waals surface area contributed by atoms with E-state index < -0.39 is 28.9 Å². The molecule has 1 aliphatic heterocycles. The lowest BCUT2D eigenvalue weighted by Crippen LogP contribution is -2.59. The van der Waals surface area contributed by atoms with Crippen molar-refractivity contribution in [2.75, 3.05) is 19.6 Å². The van der Waals surface area contributed by atoms with E-state index in [1.807, 2.05) is 13.8 Å². The Hall–Kier alpha value is -1.56. The van der Waals surface area contributed by atoms with E-state index in [1.54, 1.807) is 0 Å². The van der Waals surface area contributed by atoms with Gasteiger partial charge in [-0.1, -0.05) is 0 Å². The summed E-state index contributed by atoms with van der Waals surface area (Å²) in [4.78, 5) is 13.8. The van der Waals surface area contributed by atoms with Crippen molar-refractivity contribution in [2.45, 2.75) is 19.4 Å². The number of hydrogen-bond acceptors (Lipinski definition) is 2. The molecule has 0 spiro atoms. The normalized spacial score (nSPS) is 18.5. The van der Waals surface area contributed by atoms with Gasteiger partial charge in [0.05, 0.1) is 5.54 Å². The summed E-state index contributed by atoms with van der Waals surface area (Å²) in [6, 6.07) is 1.47. The summed E-state index contributed by atoms with van der Waals surface area (Å²) in [5.74, 6) is -4.76. The van der Waals surface area contributed by atoms with Gasteiger partial charge < -0.3 is 10.2 Å². The van der Waals surface area contributed by atoms with E-state index in [2.05, 4.69) is 5.32 Å². The first kappa shape index (κ1) is 13.9. The highest BCUT2D eigenvalue weighted by atomic mass is 19.2. The van der Waals surface area contributed by atoms with E-state index in [-0.39, 0.29) is 5.56 Å². The summed E-state index contributed by atoms with van der Waals surface area (Å²) in [5.41, 5.74) is -0.636. The molecule has 1 aliphatic rings. The number of carbonyl (C=O) groups is 1. The molecule has 19 heavy (non-hydrogen) atoms. The molecule has 0 saturated carbocycles. The predicted octanol–water partition coefficient (Wildman–Crippen LogP) is 1.93. The fraction of sp³-hybridized carbons (Fsp3) is 0.462. The van der Waals surface area contributed by atoms with Crippen LogP contribution in [0.1, 0.15) is 24.2 Å². The third-order valence-corrected chi connectivity index (χ3v) is 3.28. The highest BCUT2D eigenvalue weighted by Crippen LogP contribution is 2.21. The van der Waals surface area contributed by atoms with Gasteiger partial charge >= 0.3 is 0 Å². The molecule has 0 aliphatic carbocycles. The first-order valence-corrected chi connectivity index (χ1v) is 6.00. The lowest BCUT2D eigenvalue weighted by molar-refractivity contribution is 0.0476. The molecule has 0 atom stereocenters. The second-order valence-electron chi connectivity index (χ2n) is 5.20. The van der Waals surface area contributed by atoms with Crippen LogP contribution in [0.15, 0.2) is 12.1 Å². The van der Waals surface area contributed by atoms with Crippen LogP contribution in [0.3, 0.4) is 0 Å². The molecule has 0 unspecified atom stereocenters. The first-order chi connectivity index (χ1) is 8.83. The largest absolute Gasteiger partial charge is 0.331 e. The van der Waals surface area contributed by atoms with Crippen LogP contribution in [-0.4, -0.2) is 36.0 Å². The highest BCUT2D eigenvalue weighted by Gasteiger charge is 2.34. The molecule has 0 radical (unpaired) electrons. The summed E-state index contributed by atoms with van der Waals surface area (Å²) < 4.78 is 39.2. The van der Waals surface area contributed by atoms with Gasteiger partial charge in [-0.15, -0.1) is 0 Å². The maximum atomic E-state index is 13.2. The Bertz CT molecular complexity index is 494. The van der Waals surface area contributed by atoms with Crippen LogP contribution in [0, 0.1) is 17.5 Å². The van der Waals surface area contributed by atoms with E-state index in [1.165, 1.54) is 4.90 Å². The number of piperazine rings is 1. The molecule has 3 nitrogen and oxygen atoms in total. The standard InChI is InChI=1S/C13H15F3N2O/c1-13(2)7-17-3-4-18(13)12(19)8-5-9(14)11(16)10(15)6-8/h5-6,17H,3-4,7H2,1-2H3. The Morgan fingerprint density at radius 2 is 1.84 bits per heavy atom. The van der Waals surface area contributed by atoms with Crippen molar-refractivity contribution in [2.24, 2.45) is 0 Å². The van der Waals surface area contributed by atoms with Crippen molar-refractivity contribution in [3.8, 4) is 0 Å². The van der Waals surface area contributed by atoms with Crippen molar-refractivity contribution in [1.29, 1.82) is 0 Å². The molecular weight excluding hydrogens is 257 g/mol. The van der Waals surface area contributed by atoms with E-state index in [9.17, 15) is 18.0 Å². The molecule has 1 amide bonds. The second kappa shape index (κ2) is 4.85. The number of hydrogen-bond donors (Lipinski definition) is 1. The lowest BCUT2D eigenvalue weighted by atomic mass is 9.98. The molecule has 1 aromatic rings. The zero-order valence-corrected chi connectivity index (χ0v) is 10.8. The average molecular weight is 272 g/mol. The number of rotatable bonds is 1. The fourth-order valence-corrected chi connectivity index (χ4v) is 2.19. The SMILES string of the molecule is CC1(C)CNCCN1C(=O)c1cc(F)c(F)c(F)c1. The third kappa shape index (κ3) is 2.58. The third-order valence-electron chi connectivity index (χ3n) is 3.28. The molecule has 1 saturated heterocycles. The molecule has 6 heteroatoms. The van der Waals surface area contributed by atoms with Crippen LogP contribution in [-0.2, 0) is 0 Å². The van der Waals surface area contributed by atoms with Crippen molar-refractivity contribution < 1.29 is 18.0 Å². The van der Waals surface area contributed by atoms with Gasteiger partial charge in [0.2, 0.25) is 0 Å². The zero-order chi connectivity index (χ0) is 14.2. The summed E-state index contributed by atoms with van der Waals surface area (Å²) in [5, 5.41) is 3.14. The number of nitrogens with zero attached hydrogens (tertiary/aromatic N) is 1. The summed E-state index contributed by atoms with van der Waals surface area (Å²) in [7, 11) is 0. The molecule has 104 valence electrons. The zero-order valence-electron chi connectivity index (χ0n) is 10.8. The quantitative estimate of drug-likeness (QED) is 0.792. The second-order valence-corrected chi connectivity index (χ2v) is 5.20. The van der Waals surface area contributed by atoms with Crippen LogP contribution >= 0.6 is 0 Å². The van der Waals surface area contributed by atoms with Crippen LogP contribution in [0.4, 0.5) is 13.2 Å². The Morgan fingerprint density at radius 1 is 1.26 bits per heavy atom. The fourth-order valence-electron chi connectivity index (χ4n) is 2.19. The van der Waals surface area contributed by atoms with Crippen molar-refractivity contribution in [3.05, 3.63) is 35.1 Å². The minimum absolute atomic E-state index is 0.175. The van der Waals surface area contributed by atoms with Gasteiger partial charge in [-0.05, 0) is 26.0 Å². The maximum absolute atomic E-state index is 13.2. The summed E-state index contributed by atoms with van der Waals surface area (Å²) >= 11 is 0. The number of benzene rings is 1. The molecular formula is C13H15F3N2O. The topological polar surface area (TPSA) is 32.3 Å². The molecule has 0 aromatic heterocycles. The molecule has 1 fully saturated rings. The molecule has 1 aromatic carbocycles. The first-order valence-electron chi connectivity index (χ1n) is 6.00. The summed E-state index contributed by atoms with van der Waals surface area (Å²) in [6.45, 7) is 5.35. The van der Waals surface area contributed by atoms with E-state index >= 15 is 0 Å². The van der Waals surface area contributed by atoms with Gasteiger partial charge in [0.25, 0.3) is 5.91 Å².